The first kappa shape index (κ1) is 16.6. The molecule has 0 radical (unpaired) electrons. The van der Waals surface area contributed by atoms with Gasteiger partial charge in [-0.2, -0.15) is 0 Å². The van der Waals surface area contributed by atoms with Crippen molar-refractivity contribution in [1.82, 2.24) is 0 Å². The molecular weight excluding hydrogens is 292 g/mol. The van der Waals surface area contributed by atoms with Gasteiger partial charge in [-0.1, -0.05) is 67.5 Å². The predicted octanol–water partition coefficient (Wildman–Crippen LogP) is 5.81. The minimum Gasteiger partial charge on any atom is -0.289 e. The van der Waals surface area contributed by atoms with E-state index in [9.17, 15) is 4.79 Å². The Labute approximate surface area is 148 Å². The molecule has 1 heteroatoms. The summed E-state index contributed by atoms with van der Waals surface area (Å²) >= 11 is 0. The zero-order valence-corrected chi connectivity index (χ0v) is 16.8. The van der Waals surface area contributed by atoms with Crippen LogP contribution in [0.3, 0.4) is 0 Å². The van der Waals surface area contributed by atoms with Crippen LogP contribution >= 0.6 is 0 Å². The van der Waals surface area contributed by atoms with Crippen LogP contribution < -0.4 is 0 Å². The molecule has 0 saturated heterocycles. The van der Waals surface area contributed by atoms with E-state index in [1.54, 1.807) is 0 Å². The number of Topliss-reactive ketones (excluding diaryl/α,β-unsaturated/α-hetero) is 1. The van der Waals surface area contributed by atoms with E-state index in [0.29, 0.717) is 29.5 Å². The highest BCUT2D eigenvalue weighted by molar-refractivity contribution is 6.10. The standard InChI is InChI=1S/C23H34O/c1-20(2)11-13(15-9-17(20)22(15,5)6)19(24)14-12-21(3,4)18-10-16(14)23(18,7)8/h11-12,15-18H,9-10H2,1-8H3/t15-,16-,17-,18-/m1/s1. The molecule has 0 heterocycles. The van der Waals surface area contributed by atoms with Crippen molar-refractivity contribution in [2.75, 3.05) is 0 Å². The zero-order valence-electron chi connectivity index (χ0n) is 16.8. The molecule has 0 spiro atoms. The number of carbonyl (C=O) groups excluding carboxylic acids is 1. The summed E-state index contributed by atoms with van der Waals surface area (Å²) in [5.41, 5.74) is 3.10. The molecule has 0 aromatic rings. The van der Waals surface area contributed by atoms with Crippen LogP contribution in [-0.2, 0) is 4.79 Å². The maximum absolute atomic E-state index is 13.6. The minimum absolute atomic E-state index is 0.144. The number of allylic oxidation sites excluding steroid dienone is 4. The van der Waals surface area contributed by atoms with E-state index in [0.717, 1.165) is 11.1 Å². The molecule has 4 atom stereocenters. The van der Waals surface area contributed by atoms with Crippen LogP contribution in [0.4, 0.5) is 0 Å². The molecule has 0 unspecified atom stereocenters. The molecule has 0 aromatic carbocycles. The molecule has 6 aliphatic carbocycles. The number of hydrogen-bond acceptors (Lipinski definition) is 1. The van der Waals surface area contributed by atoms with Crippen molar-refractivity contribution in [1.29, 1.82) is 0 Å². The van der Waals surface area contributed by atoms with Crippen LogP contribution in [0.5, 0.6) is 0 Å². The molecule has 6 aliphatic rings. The monoisotopic (exact) mass is 326 g/mol. The second kappa shape index (κ2) is 4.27. The Morgan fingerprint density at radius 1 is 0.750 bits per heavy atom. The fraction of sp³-hybridized carbons (Fsp3) is 0.783. The molecule has 1 nitrogen and oxygen atoms in total. The van der Waals surface area contributed by atoms with Crippen LogP contribution in [0.15, 0.2) is 23.3 Å². The lowest BCUT2D eigenvalue weighted by atomic mass is 9.39. The van der Waals surface area contributed by atoms with E-state index in [-0.39, 0.29) is 21.7 Å². The van der Waals surface area contributed by atoms with E-state index < -0.39 is 0 Å². The van der Waals surface area contributed by atoms with Crippen LogP contribution in [0.25, 0.3) is 0 Å². The zero-order chi connectivity index (χ0) is 17.9. The van der Waals surface area contributed by atoms with Crippen molar-refractivity contribution >= 4 is 5.78 Å². The highest BCUT2D eigenvalue weighted by atomic mass is 16.1. The molecule has 0 aliphatic heterocycles. The molecule has 0 amide bonds. The second-order valence-electron chi connectivity index (χ2n) is 11.5. The minimum atomic E-state index is 0.144. The smallest absolute Gasteiger partial charge is 0.184 e. The van der Waals surface area contributed by atoms with Crippen molar-refractivity contribution in [2.24, 2.45) is 45.3 Å². The molecule has 132 valence electrons. The highest BCUT2D eigenvalue weighted by Gasteiger charge is 2.62. The third kappa shape index (κ3) is 1.80. The average molecular weight is 327 g/mol. The Morgan fingerprint density at radius 2 is 1.08 bits per heavy atom. The van der Waals surface area contributed by atoms with E-state index in [4.69, 9.17) is 0 Å². The van der Waals surface area contributed by atoms with Crippen molar-refractivity contribution in [3.05, 3.63) is 23.3 Å². The van der Waals surface area contributed by atoms with Crippen molar-refractivity contribution in [3.8, 4) is 0 Å². The number of fused-ring (bicyclic) bond motifs is 2. The fourth-order valence-corrected chi connectivity index (χ4v) is 7.25. The van der Waals surface area contributed by atoms with Gasteiger partial charge in [-0.05, 0) is 69.3 Å². The lowest BCUT2D eigenvalue weighted by Crippen LogP contribution is -2.58. The van der Waals surface area contributed by atoms with E-state index >= 15 is 0 Å². The fourth-order valence-electron chi connectivity index (χ4n) is 7.25. The highest BCUT2D eigenvalue weighted by Crippen LogP contribution is 2.68. The number of ketones is 1. The van der Waals surface area contributed by atoms with Crippen molar-refractivity contribution in [2.45, 2.75) is 68.2 Å². The quantitative estimate of drug-likeness (QED) is 0.625. The summed E-state index contributed by atoms with van der Waals surface area (Å²) in [4.78, 5) is 13.6. The van der Waals surface area contributed by atoms with Gasteiger partial charge in [0.2, 0.25) is 0 Å². The van der Waals surface area contributed by atoms with Gasteiger partial charge in [0.25, 0.3) is 0 Å². The maximum Gasteiger partial charge on any atom is 0.184 e. The van der Waals surface area contributed by atoms with Crippen LogP contribution in [0.2, 0.25) is 0 Å². The first-order chi connectivity index (χ1) is 10.8. The summed E-state index contributed by atoms with van der Waals surface area (Å²) < 4.78 is 0. The van der Waals surface area contributed by atoms with Crippen LogP contribution in [0.1, 0.15) is 68.2 Å². The SMILES string of the molecule is CC1(C)C=C(C(=O)C2=CC(C)(C)[C@H]3C[C@H]2C3(C)C)[C@H]2C[C@H]1C2(C)C. The van der Waals surface area contributed by atoms with Crippen LogP contribution in [0, 0.1) is 45.3 Å². The van der Waals surface area contributed by atoms with Gasteiger partial charge >= 0.3 is 0 Å². The summed E-state index contributed by atoms with van der Waals surface area (Å²) in [6.07, 6.45) is 7.08. The van der Waals surface area contributed by atoms with Crippen LogP contribution in [-0.4, -0.2) is 5.78 Å². The Hall–Kier alpha value is -0.850. The Morgan fingerprint density at radius 3 is 1.33 bits per heavy atom. The molecule has 2 fully saturated rings. The van der Waals surface area contributed by atoms with Gasteiger partial charge in [-0.15, -0.1) is 0 Å². The van der Waals surface area contributed by atoms with Gasteiger partial charge in [0.05, 0.1) is 0 Å². The largest absolute Gasteiger partial charge is 0.289 e. The topological polar surface area (TPSA) is 17.1 Å². The summed E-state index contributed by atoms with van der Waals surface area (Å²) in [5.74, 6) is 2.74. The van der Waals surface area contributed by atoms with E-state index in [1.807, 2.05) is 0 Å². The Kier molecular flexibility index (Phi) is 2.96. The van der Waals surface area contributed by atoms with Crippen molar-refractivity contribution < 1.29 is 4.79 Å². The summed E-state index contributed by atoms with van der Waals surface area (Å²) in [6, 6.07) is 0. The van der Waals surface area contributed by atoms with Gasteiger partial charge in [0.1, 0.15) is 0 Å². The number of carbonyl (C=O) groups is 1. The second-order valence-corrected chi connectivity index (χ2v) is 11.5. The summed E-state index contributed by atoms with van der Waals surface area (Å²) in [6.45, 7) is 18.8. The van der Waals surface area contributed by atoms with E-state index in [2.05, 4.69) is 67.5 Å². The first-order valence-corrected chi connectivity index (χ1v) is 9.80. The first-order valence-electron chi connectivity index (χ1n) is 9.80. The Balaban J connectivity index is 1.75. The predicted molar refractivity (Wildman–Crippen MR) is 99.5 cm³/mol. The number of rotatable bonds is 2. The average Bonchev–Trinajstić information content (AvgIpc) is 2.41. The lowest BCUT2D eigenvalue weighted by molar-refractivity contribution is -0.126. The van der Waals surface area contributed by atoms with Crippen molar-refractivity contribution in [3.63, 3.8) is 0 Å². The molecule has 0 N–H and O–H groups in total. The molecule has 4 bridgehead atoms. The van der Waals surface area contributed by atoms with Gasteiger partial charge in [-0.25, -0.2) is 0 Å². The summed E-state index contributed by atoms with van der Waals surface area (Å²) in [5, 5.41) is 0. The Bertz CT molecular complexity index is 625. The van der Waals surface area contributed by atoms with Gasteiger partial charge in [0.15, 0.2) is 5.78 Å². The molecular formula is C23H34O. The summed E-state index contributed by atoms with van der Waals surface area (Å²) in [7, 11) is 0. The van der Waals surface area contributed by atoms with Gasteiger partial charge < -0.3 is 0 Å². The third-order valence-corrected chi connectivity index (χ3v) is 8.66. The molecule has 2 saturated carbocycles. The maximum atomic E-state index is 13.6. The molecule has 0 aromatic heterocycles. The normalized spacial score (nSPS) is 42.2. The molecule has 6 rings (SSSR count). The lowest BCUT2D eigenvalue weighted by Gasteiger charge is -2.64. The van der Waals surface area contributed by atoms with Gasteiger partial charge in [-0.3, -0.25) is 4.79 Å². The van der Waals surface area contributed by atoms with E-state index in [1.165, 1.54) is 12.8 Å². The van der Waals surface area contributed by atoms with Gasteiger partial charge in [0, 0.05) is 0 Å². The third-order valence-electron chi connectivity index (χ3n) is 8.66. The number of hydrogen-bond donors (Lipinski definition) is 0. The molecule has 24 heavy (non-hydrogen) atoms.